The summed E-state index contributed by atoms with van der Waals surface area (Å²) < 4.78 is 27.4. The molecule has 0 spiro atoms. The predicted molar refractivity (Wildman–Crippen MR) is 61.4 cm³/mol. The van der Waals surface area contributed by atoms with Crippen LogP contribution in [-0.2, 0) is 5.54 Å². The Balaban J connectivity index is 1.87. The summed E-state index contributed by atoms with van der Waals surface area (Å²) in [4.78, 5) is 0. The fourth-order valence-electron chi connectivity index (χ4n) is 2.25. The Morgan fingerprint density at radius 3 is 2.44 bits per heavy atom. The number of alkyl halides is 2. The monoisotopic (exact) mass is 250 g/mol. The molecule has 1 heterocycles. The van der Waals surface area contributed by atoms with Gasteiger partial charge in [0.05, 0.1) is 17.4 Å². The minimum absolute atomic E-state index is 0.368. The van der Waals surface area contributed by atoms with Crippen LogP contribution in [0.25, 0.3) is 5.69 Å². The highest BCUT2D eigenvalue weighted by Crippen LogP contribution is 2.49. The third-order valence-electron chi connectivity index (χ3n) is 3.17. The van der Waals surface area contributed by atoms with Crippen molar-refractivity contribution in [2.24, 2.45) is 5.73 Å². The van der Waals surface area contributed by atoms with E-state index < -0.39 is 11.5 Å². The van der Waals surface area contributed by atoms with Crippen LogP contribution < -0.4 is 5.73 Å². The molecule has 0 saturated heterocycles. The van der Waals surface area contributed by atoms with Gasteiger partial charge in [-0.3, -0.25) is 0 Å². The number of nitrogens with zero attached hydrogens (tertiary/aromatic N) is 3. The molecule has 1 saturated carbocycles. The molecule has 6 heteroatoms. The maximum absolute atomic E-state index is 12.9. The minimum atomic E-state index is -2.68. The summed E-state index contributed by atoms with van der Waals surface area (Å²) in [7, 11) is 0. The molecule has 1 aromatic heterocycles. The van der Waals surface area contributed by atoms with E-state index in [2.05, 4.69) is 10.3 Å². The first-order chi connectivity index (χ1) is 8.49. The summed E-state index contributed by atoms with van der Waals surface area (Å²) in [5, 5.41) is 7.83. The van der Waals surface area contributed by atoms with E-state index in [1.54, 1.807) is 10.9 Å². The molecule has 3 rings (SSSR count). The van der Waals surface area contributed by atoms with Crippen molar-refractivity contribution in [3.63, 3.8) is 0 Å². The number of nitrogens with two attached hydrogens (primary N) is 1. The molecule has 18 heavy (non-hydrogen) atoms. The lowest BCUT2D eigenvalue weighted by Crippen LogP contribution is -2.55. The van der Waals surface area contributed by atoms with E-state index in [1.807, 2.05) is 30.3 Å². The molecule has 94 valence electrons. The van der Waals surface area contributed by atoms with Crippen molar-refractivity contribution in [1.29, 1.82) is 0 Å². The van der Waals surface area contributed by atoms with Crippen molar-refractivity contribution in [3.8, 4) is 5.69 Å². The van der Waals surface area contributed by atoms with Crippen LogP contribution in [0.4, 0.5) is 8.78 Å². The van der Waals surface area contributed by atoms with Crippen LogP contribution in [0.3, 0.4) is 0 Å². The van der Waals surface area contributed by atoms with Crippen molar-refractivity contribution in [2.75, 3.05) is 0 Å². The fourth-order valence-corrected chi connectivity index (χ4v) is 2.25. The zero-order chi connectivity index (χ0) is 12.8. The Labute approximate surface area is 102 Å². The molecular weight excluding hydrogens is 238 g/mol. The lowest BCUT2D eigenvalue weighted by Gasteiger charge is -2.42. The Hall–Kier alpha value is -1.82. The smallest absolute Gasteiger partial charge is 0.252 e. The van der Waals surface area contributed by atoms with Gasteiger partial charge in [0.15, 0.2) is 0 Å². The second kappa shape index (κ2) is 3.58. The Morgan fingerprint density at radius 1 is 1.17 bits per heavy atom. The molecule has 0 atom stereocenters. The van der Waals surface area contributed by atoms with Crippen LogP contribution >= 0.6 is 0 Å². The predicted octanol–water partition coefficient (Wildman–Crippen LogP) is 1.85. The summed E-state index contributed by atoms with van der Waals surface area (Å²) in [5.41, 5.74) is 6.09. The van der Waals surface area contributed by atoms with E-state index in [1.165, 1.54) is 0 Å². The second-order valence-electron chi connectivity index (χ2n) is 4.75. The Kier molecular flexibility index (Phi) is 2.25. The molecule has 1 aliphatic rings. The van der Waals surface area contributed by atoms with Crippen LogP contribution in [-0.4, -0.2) is 20.9 Å². The van der Waals surface area contributed by atoms with Gasteiger partial charge in [-0.15, -0.1) is 5.10 Å². The number of rotatable bonds is 2. The maximum atomic E-state index is 12.9. The first-order valence-electron chi connectivity index (χ1n) is 5.64. The summed E-state index contributed by atoms with van der Waals surface area (Å²) in [6.07, 6.45) is 0.880. The van der Waals surface area contributed by atoms with Gasteiger partial charge in [0.2, 0.25) is 0 Å². The summed E-state index contributed by atoms with van der Waals surface area (Å²) in [5.74, 6) is -2.68. The largest absolute Gasteiger partial charge is 0.320 e. The number of halogens is 2. The van der Waals surface area contributed by atoms with Crippen LogP contribution in [0.15, 0.2) is 36.5 Å². The van der Waals surface area contributed by atoms with E-state index in [0.29, 0.717) is 5.69 Å². The van der Waals surface area contributed by atoms with Gasteiger partial charge >= 0.3 is 0 Å². The quantitative estimate of drug-likeness (QED) is 0.885. The average Bonchev–Trinajstić information content (AvgIpc) is 2.77. The Morgan fingerprint density at radius 2 is 1.83 bits per heavy atom. The van der Waals surface area contributed by atoms with Gasteiger partial charge in [-0.05, 0) is 12.1 Å². The van der Waals surface area contributed by atoms with Gasteiger partial charge in [-0.2, -0.15) is 0 Å². The van der Waals surface area contributed by atoms with Crippen molar-refractivity contribution in [2.45, 2.75) is 24.3 Å². The zero-order valence-corrected chi connectivity index (χ0v) is 9.55. The van der Waals surface area contributed by atoms with Gasteiger partial charge in [0, 0.05) is 12.8 Å². The first-order valence-corrected chi connectivity index (χ1v) is 5.64. The first kappa shape index (κ1) is 11.3. The van der Waals surface area contributed by atoms with Crippen molar-refractivity contribution in [3.05, 3.63) is 42.2 Å². The standard InChI is InChI=1S/C12H12F2N4/c13-12(14)7-11(15,8-12)10-6-18(17-16-10)9-4-2-1-3-5-9/h1-6H,7-8,15H2. The van der Waals surface area contributed by atoms with Gasteiger partial charge in [-0.25, -0.2) is 13.5 Å². The molecule has 1 aliphatic carbocycles. The molecule has 0 aliphatic heterocycles. The van der Waals surface area contributed by atoms with E-state index in [0.717, 1.165) is 5.69 Å². The zero-order valence-electron chi connectivity index (χ0n) is 9.55. The maximum Gasteiger partial charge on any atom is 0.252 e. The molecule has 2 N–H and O–H groups in total. The average molecular weight is 250 g/mol. The third kappa shape index (κ3) is 1.78. The molecule has 0 unspecified atom stereocenters. The highest BCUT2D eigenvalue weighted by atomic mass is 19.3. The van der Waals surface area contributed by atoms with Crippen LogP contribution in [0, 0.1) is 0 Å². The molecule has 2 aromatic rings. The third-order valence-corrected chi connectivity index (χ3v) is 3.17. The number of aromatic nitrogens is 3. The van der Waals surface area contributed by atoms with Crippen LogP contribution in [0.2, 0.25) is 0 Å². The highest BCUT2D eigenvalue weighted by Gasteiger charge is 2.56. The van der Waals surface area contributed by atoms with Crippen molar-refractivity contribution >= 4 is 0 Å². The SMILES string of the molecule is NC1(c2cn(-c3ccccc3)nn2)CC(F)(F)C1. The molecule has 4 nitrogen and oxygen atoms in total. The molecule has 0 bridgehead atoms. The van der Waals surface area contributed by atoms with Crippen LogP contribution in [0.5, 0.6) is 0 Å². The second-order valence-corrected chi connectivity index (χ2v) is 4.75. The van der Waals surface area contributed by atoms with E-state index in [9.17, 15) is 8.78 Å². The summed E-state index contributed by atoms with van der Waals surface area (Å²) in [6, 6.07) is 9.34. The Bertz CT molecular complexity index is 556. The molecular formula is C12H12F2N4. The normalized spacial score (nSPS) is 20.4. The van der Waals surface area contributed by atoms with Crippen LogP contribution in [0.1, 0.15) is 18.5 Å². The molecule has 0 radical (unpaired) electrons. The minimum Gasteiger partial charge on any atom is -0.320 e. The summed E-state index contributed by atoms with van der Waals surface area (Å²) >= 11 is 0. The van der Waals surface area contributed by atoms with Crippen molar-refractivity contribution in [1.82, 2.24) is 15.0 Å². The van der Waals surface area contributed by atoms with Gasteiger partial charge in [-0.1, -0.05) is 23.4 Å². The van der Waals surface area contributed by atoms with Gasteiger partial charge in [0.1, 0.15) is 5.69 Å². The van der Waals surface area contributed by atoms with Gasteiger partial charge < -0.3 is 5.73 Å². The van der Waals surface area contributed by atoms with E-state index >= 15 is 0 Å². The number of benzene rings is 1. The number of hydrogen-bond donors (Lipinski definition) is 1. The van der Waals surface area contributed by atoms with Crippen molar-refractivity contribution < 1.29 is 8.78 Å². The lowest BCUT2D eigenvalue weighted by atomic mass is 9.72. The van der Waals surface area contributed by atoms with E-state index in [4.69, 9.17) is 5.73 Å². The van der Waals surface area contributed by atoms with Gasteiger partial charge in [0.25, 0.3) is 5.92 Å². The highest BCUT2D eigenvalue weighted by molar-refractivity contribution is 5.31. The number of hydrogen-bond acceptors (Lipinski definition) is 3. The molecule has 1 fully saturated rings. The molecule has 1 aromatic carbocycles. The summed E-state index contributed by atoms with van der Waals surface area (Å²) in [6.45, 7) is 0. The fraction of sp³-hybridized carbons (Fsp3) is 0.333. The number of para-hydroxylation sites is 1. The lowest BCUT2D eigenvalue weighted by molar-refractivity contribution is -0.126. The van der Waals surface area contributed by atoms with E-state index in [-0.39, 0.29) is 12.8 Å². The molecule has 0 amide bonds. The topological polar surface area (TPSA) is 56.7 Å².